The van der Waals surface area contributed by atoms with E-state index in [1.807, 2.05) is 31.2 Å². The summed E-state index contributed by atoms with van der Waals surface area (Å²) in [6.45, 7) is 3.54. The van der Waals surface area contributed by atoms with E-state index in [9.17, 15) is 15.8 Å². The first-order valence-electron chi connectivity index (χ1n) is 9.44. The van der Waals surface area contributed by atoms with Crippen LogP contribution in [0.5, 0.6) is 0 Å². The average Bonchev–Trinajstić information content (AvgIpc) is 2.91. The highest BCUT2D eigenvalue weighted by Crippen LogP contribution is 2.69. The van der Waals surface area contributed by atoms with Crippen molar-refractivity contribution in [1.29, 1.82) is 21.2 Å². The molecule has 2 aliphatic heterocycles. The first kappa shape index (κ1) is 21.2. The summed E-state index contributed by atoms with van der Waals surface area (Å²) in [5, 5.41) is 40.0. The number of rotatable bonds is 2. The minimum absolute atomic E-state index is 0.227. The Morgan fingerprint density at radius 2 is 1.65 bits per heavy atom. The summed E-state index contributed by atoms with van der Waals surface area (Å²) >= 11 is 12.5. The van der Waals surface area contributed by atoms with Gasteiger partial charge in [-0.2, -0.15) is 15.8 Å². The van der Waals surface area contributed by atoms with Gasteiger partial charge < -0.3 is 9.47 Å². The molecule has 1 N–H and O–H groups in total. The number of hydrogen-bond donors (Lipinski definition) is 1. The molecule has 31 heavy (non-hydrogen) atoms. The van der Waals surface area contributed by atoms with Crippen LogP contribution in [0.3, 0.4) is 0 Å². The van der Waals surface area contributed by atoms with E-state index < -0.39 is 34.5 Å². The first-order chi connectivity index (χ1) is 14.7. The molecule has 2 aromatic rings. The zero-order valence-corrected chi connectivity index (χ0v) is 18.1. The topological polar surface area (TPSA) is 114 Å². The summed E-state index contributed by atoms with van der Waals surface area (Å²) in [4.78, 5) is 0. The van der Waals surface area contributed by atoms with Gasteiger partial charge in [0.25, 0.3) is 0 Å². The molecular formula is C23H16Cl2N4O2. The molecule has 0 saturated carbocycles. The van der Waals surface area contributed by atoms with E-state index in [4.69, 9.17) is 38.1 Å². The van der Waals surface area contributed by atoms with Crippen LogP contribution in [0.15, 0.2) is 42.5 Å². The van der Waals surface area contributed by atoms with Gasteiger partial charge >= 0.3 is 0 Å². The predicted molar refractivity (Wildman–Crippen MR) is 113 cm³/mol. The minimum Gasteiger partial charge on any atom is -0.443 e. The van der Waals surface area contributed by atoms with Crippen molar-refractivity contribution in [3.8, 4) is 18.2 Å². The highest BCUT2D eigenvalue weighted by atomic mass is 35.5. The zero-order valence-electron chi connectivity index (χ0n) is 16.6. The number of hydrogen-bond acceptors (Lipinski definition) is 6. The van der Waals surface area contributed by atoms with Gasteiger partial charge in [-0.05, 0) is 30.7 Å². The van der Waals surface area contributed by atoms with Crippen LogP contribution >= 0.6 is 23.2 Å². The minimum atomic E-state index is -2.02. The van der Waals surface area contributed by atoms with Gasteiger partial charge in [-0.15, -0.1) is 0 Å². The van der Waals surface area contributed by atoms with Crippen molar-refractivity contribution in [3.05, 3.63) is 69.2 Å². The fourth-order valence-electron chi connectivity index (χ4n) is 4.66. The first-order valence-corrected chi connectivity index (χ1v) is 10.2. The molecule has 2 fully saturated rings. The van der Waals surface area contributed by atoms with E-state index in [1.165, 1.54) is 6.07 Å². The molecule has 0 radical (unpaired) electrons. The summed E-state index contributed by atoms with van der Waals surface area (Å²) in [6, 6.07) is 18.0. The van der Waals surface area contributed by atoms with E-state index in [-0.39, 0.29) is 5.02 Å². The van der Waals surface area contributed by atoms with Crippen LogP contribution in [-0.2, 0) is 15.3 Å². The van der Waals surface area contributed by atoms with Crippen molar-refractivity contribution in [1.82, 2.24) is 0 Å². The maximum Gasteiger partial charge on any atom is 0.245 e. The quantitative estimate of drug-likeness (QED) is 0.656. The highest BCUT2D eigenvalue weighted by Gasteiger charge is 2.80. The monoisotopic (exact) mass is 450 g/mol. The van der Waals surface area contributed by atoms with Crippen LogP contribution in [0.4, 0.5) is 0 Å². The lowest BCUT2D eigenvalue weighted by Crippen LogP contribution is -2.57. The molecule has 2 aliphatic rings. The Morgan fingerprint density at radius 1 is 1.00 bits per heavy atom. The van der Waals surface area contributed by atoms with E-state index >= 15 is 0 Å². The van der Waals surface area contributed by atoms with Crippen LogP contribution in [0.1, 0.15) is 29.7 Å². The molecule has 2 saturated heterocycles. The molecule has 4 rings (SSSR count). The van der Waals surface area contributed by atoms with Crippen LogP contribution < -0.4 is 0 Å². The third-order valence-corrected chi connectivity index (χ3v) is 6.90. The van der Waals surface area contributed by atoms with Gasteiger partial charge in [0, 0.05) is 10.6 Å². The maximum atomic E-state index is 10.3. The predicted octanol–water partition coefficient (Wildman–Crippen LogP) is 5.41. The molecule has 8 heteroatoms. The number of aryl methyl sites for hydroxylation is 1. The van der Waals surface area contributed by atoms with E-state index in [0.29, 0.717) is 16.1 Å². The lowest BCUT2D eigenvalue weighted by Gasteiger charge is -2.49. The van der Waals surface area contributed by atoms with Gasteiger partial charge in [0.1, 0.15) is 6.10 Å². The Bertz CT molecular complexity index is 1210. The van der Waals surface area contributed by atoms with Crippen molar-refractivity contribution in [2.75, 3.05) is 0 Å². The van der Waals surface area contributed by atoms with Crippen molar-refractivity contribution >= 4 is 29.1 Å². The number of fused-ring (bicyclic) bond motifs is 2. The van der Waals surface area contributed by atoms with Crippen LogP contribution in [0.25, 0.3) is 0 Å². The molecule has 0 spiro atoms. The normalized spacial score (nSPS) is 30.5. The fourth-order valence-corrected chi connectivity index (χ4v) is 5.20. The molecule has 0 aliphatic carbocycles. The maximum absolute atomic E-state index is 10.3. The molecule has 154 valence electrons. The summed E-state index contributed by atoms with van der Waals surface area (Å²) in [5.41, 5.74) is -2.04. The molecule has 4 unspecified atom stereocenters. The standard InChI is InChI=1S/C23H16Cl2N4O2/c1-13-3-5-15(6-4-13)19-21(10-26,11-27)22(12-28)14(2)23(30-19,31-20(22)29)17-8-7-16(24)9-18(17)25/h3-9,14,19,29H,1-2H3. The third kappa shape index (κ3) is 2.49. The third-order valence-electron chi connectivity index (χ3n) is 6.36. The molecule has 0 amide bonds. The highest BCUT2D eigenvalue weighted by molar-refractivity contribution is 6.35. The lowest BCUT2D eigenvalue weighted by atomic mass is 9.53. The number of nitrogens with one attached hydrogen (secondary N) is 1. The lowest BCUT2D eigenvalue weighted by molar-refractivity contribution is -0.288. The summed E-state index contributed by atoms with van der Waals surface area (Å²) in [7, 11) is 0. The Morgan fingerprint density at radius 3 is 2.19 bits per heavy atom. The molecule has 4 atom stereocenters. The SMILES string of the molecule is Cc1ccc(C2OC3(c4ccc(Cl)cc4Cl)OC(=N)C(C#N)(C3C)C2(C#N)C#N)cc1. The smallest absolute Gasteiger partial charge is 0.245 e. The van der Waals surface area contributed by atoms with E-state index in [1.54, 1.807) is 31.2 Å². The Balaban J connectivity index is 2.06. The van der Waals surface area contributed by atoms with Gasteiger partial charge in [-0.25, -0.2) is 0 Å². The second-order valence-corrected chi connectivity index (χ2v) is 8.65. The van der Waals surface area contributed by atoms with Gasteiger partial charge in [-0.1, -0.05) is 60.0 Å². The molecular weight excluding hydrogens is 435 g/mol. The van der Waals surface area contributed by atoms with Gasteiger partial charge in [0.15, 0.2) is 5.41 Å². The Labute approximate surface area is 189 Å². The number of nitriles is 3. The van der Waals surface area contributed by atoms with E-state index in [0.717, 1.165) is 5.56 Å². The van der Waals surface area contributed by atoms with Gasteiger partial charge in [0.2, 0.25) is 17.1 Å². The van der Waals surface area contributed by atoms with Crippen molar-refractivity contribution in [2.24, 2.45) is 16.7 Å². The van der Waals surface area contributed by atoms with Gasteiger partial charge in [-0.3, -0.25) is 5.41 Å². The number of ether oxygens (including phenoxy) is 2. The van der Waals surface area contributed by atoms with Crippen molar-refractivity contribution < 1.29 is 9.47 Å². The van der Waals surface area contributed by atoms with Crippen LogP contribution in [0.2, 0.25) is 10.0 Å². The van der Waals surface area contributed by atoms with Gasteiger partial charge in [0.05, 0.1) is 29.1 Å². The van der Waals surface area contributed by atoms with E-state index in [2.05, 4.69) is 6.07 Å². The molecule has 2 bridgehead atoms. The fraction of sp³-hybridized carbons (Fsp3) is 0.304. The second-order valence-electron chi connectivity index (χ2n) is 7.80. The summed E-state index contributed by atoms with van der Waals surface area (Å²) in [6.07, 6.45) is -1.17. The zero-order chi connectivity index (χ0) is 22.6. The van der Waals surface area contributed by atoms with Crippen molar-refractivity contribution in [2.45, 2.75) is 25.7 Å². The molecule has 2 heterocycles. The number of halogens is 2. The van der Waals surface area contributed by atoms with Crippen LogP contribution in [0, 0.1) is 63.1 Å². The largest absolute Gasteiger partial charge is 0.443 e. The Kier molecular flexibility index (Phi) is 4.76. The van der Waals surface area contributed by atoms with Crippen molar-refractivity contribution in [3.63, 3.8) is 0 Å². The average molecular weight is 451 g/mol. The Hall–Kier alpha value is -3.08. The van der Waals surface area contributed by atoms with Crippen LogP contribution in [-0.4, -0.2) is 5.90 Å². The summed E-state index contributed by atoms with van der Waals surface area (Å²) < 4.78 is 12.3. The molecule has 6 nitrogen and oxygen atoms in total. The second kappa shape index (κ2) is 6.98. The number of benzene rings is 2. The molecule has 2 aromatic carbocycles. The summed E-state index contributed by atoms with van der Waals surface area (Å²) in [5.74, 6) is -3.04. The number of nitrogens with zero attached hydrogens (tertiary/aromatic N) is 3. The molecule has 0 aromatic heterocycles.